The fourth-order valence-electron chi connectivity index (χ4n) is 3.96. The largest absolute Gasteiger partial charge is 0.435 e. The number of urea groups is 1. The van der Waals surface area contributed by atoms with Crippen LogP contribution in [0.4, 0.5) is 13.6 Å². The van der Waals surface area contributed by atoms with Gasteiger partial charge in [-0.15, -0.1) is 0 Å². The Morgan fingerprint density at radius 2 is 2.15 bits per heavy atom. The minimum atomic E-state index is -2.82. The van der Waals surface area contributed by atoms with E-state index in [0.29, 0.717) is 0 Å². The third-order valence-electron chi connectivity index (χ3n) is 5.25. The number of amides is 2. The molecule has 0 aromatic heterocycles. The number of hydrogen-bond donors (Lipinski definition) is 2. The lowest BCUT2D eigenvalue weighted by atomic mass is 9.87. The lowest BCUT2D eigenvalue weighted by Crippen LogP contribution is -2.51. The van der Waals surface area contributed by atoms with E-state index in [1.165, 1.54) is 0 Å². The van der Waals surface area contributed by atoms with E-state index in [9.17, 15) is 13.6 Å². The van der Waals surface area contributed by atoms with Crippen molar-refractivity contribution in [3.8, 4) is 5.75 Å². The van der Waals surface area contributed by atoms with Gasteiger partial charge >= 0.3 is 12.6 Å². The zero-order valence-electron chi connectivity index (χ0n) is 15.1. The van der Waals surface area contributed by atoms with Gasteiger partial charge in [0, 0.05) is 12.6 Å². The van der Waals surface area contributed by atoms with Crippen molar-refractivity contribution in [2.45, 2.75) is 57.7 Å². The van der Waals surface area contributed by atoms with Gasteiger partial charge in [-0.25, -0.2) is 4.79 Å². The summed E-state index contributed by atoms with van der Waals surface area (Å²) in [6, 6.07) is 4.92. The van der Waals surface area contributed by atoms with Gasteiger partial charge in [-0.1, -0.05) is 13.0 Å². The lowest BCUT2D eigenvalue weighted by molar-refractivity contribution is -0.0499. The van der Waals surface area contributed by atoms with Crippen molar-refractivity contribution in [2.24, 2.45) is 0 Å². The van der Waals surface area contributed by atoms with Crippen molar-refractivity contribution in [1.82, 2.24) is 15.5 Å². The molecule has 3 rings (SSSR count). The van der Waals surface area contributed by atoms with Crippen LogP contribution in [-0.2, 0) is 6.42 Å². The summed E-state index contributed by atoms with van der Waals surface area (Å²) in [6.07, 6.45) is 4.66. The van der Waals surface area contributed by atoms with E-state index in [1.807, 2.05) is 0 Å². The molecule has 1 fully saturated rings. The number of rotatable bonds is 5. The number of fused-ring (bicyclic) bond motifs is 1. The summed E-state index contributed by atoms with van der Waals surface area (Å²) in [4.78, 5) is 14.8. The molecule has 0 bridgehead atoms. The van der Waals surface area contributed by atoms with E-state index in [2.05, 4.69) is 27.2 Å². The quantitative estimate of drug-likeness (QED) is 0.838. The zero-order chi connectivity index (χ0) is 18.5. The molecular formula is C19H27F2N3O2. The van der Waals surface area contributed by atoms with Crippen molar-refractivity contribution in [3.63, 3.8) is 0 Å². The molecule has 0 saturated carbocycles. The molecule has 1 heterocycles. The second-order valence-corrected chi connectivity index (χ2v) is 7.03. The van der Waals surface area contributed by atoms with E-state index in [0.717, 1.165) is 62.9 Å². The van der Waals surface area contributed by atoms with Gasteiger partial charge < -0.3 is 20.3 Å². The third kappa shape index (κ3) is 4.84. The Morgan fingerprint density at radius 3 is 2.92 bits per heavy atom. The summed E-state index contributed by atoms with van der Waals surface area (Å²) in [5, 5.41) is 6.14. The highest BCUT2D eigenvalue weighted by Crippen LogP contribution is 2.32. The number of nitrogens with one attached hydrogen (secondary N) is 2. The summed E-state index contributed by atoms with van der Waals surface area (Å²) >= 11 is 0. The van der Waals surface area contributed by atoms with Crippen LogP contribution >= 0.6 is 0 Å². The highest BCUT2D eigenvalue weighted by molar-refractivity contribution is 5.75. The first-order valence-electron chi connectivity index (χ1n) is 9.42. The number of carbonyl (C=O) groups excluding carboxylic acids is 1. The molecule has 1 saturated heterocycles. The fourth-order valence-corrected chi connectivity index (χ4v) is 3.96. The van der Waals surface area contributed by atoms with E-state index in [1.54, 1.807) is 18.2 Å². The van der Waals surface area contributed by atoms with Gasteiger partial charge in [-0.2, -0.15) is 8.78 Å². The highest BCUT2D eigenvalue weighted by Gasteiger charge is 2.25. The van der Waals surface area contributed by atoms with Gasteiger partial charge in [0.15, 0.2) is 0 Å². The van der Waals surface area contributed by atoms with E-state index < -0.39 is 6.61 Å². The molecule has 1 aromatic rings. The first-order chi connectivity index (χ1) is 12.5. The topological polar surface area (TPSA) is 53.6 Å². The molecule has 0 radical (unpaired) electrons. The minimum Gasteiger partial charge on any atom is -0.435 e. The number of ether oxygens (including phenoxy) is 1. The molecule has 5 nitrogen and oxygen atoms in total. The third-order valence-corrected chi connectivity index (χ3v) is 5.25. The molecule has 1 aliphatic carbocycles. The van der Waals surface area contributed by atoms with E-state index in [4.69, 9.17) is 0 Å². The number of halogens is 2. The molecule has 2 atom stereocenters. The zero-order valence-corrected chi connectivity index (χ0v) is 15.1. The number of hydrogen-bond acceptors (Lipinski definition) is 3. The number of carbonyl (C=O) groups is 1. The Bertz CT molecular complexity index is 627. The number of benzene rings is 1. The van der Waals surface area contributed by atoms with Crippen molar-refractivity contribution in [1.29, 1.82) is 0 Å². The summed E-state index contributed by atoms with van der Waals surface area (Å²) in [5.41, 5.74) is 1.96. The lowest BCUT2D eigenvalue weighted by Gasteiger charge is -2.33. The summed E-state index contributed by atoms with van der Waals surface area (Å²) < 4.78 is 29.3. The summed E-state index contributed by atoms with van der Waals surface area (Å²) in [6.45, 7) is 2.29. The first-order valence-corrected chi connectivity index (χ1v) is 9.42. The number of likely N-dealkylation sites (tertiary alicyclic amines) is 1. The molecule has 1 aliphatic heterocycles. The van der Waals surface area contributed by atoms with Crippen LogP contribution in [0.5, 0.6) is 5.75 Å². The van der Waals surface area contributed by atoms with Crippen molar-refractivity contribution >= 4 is 6.03 Å². The standard InChI is InChI=1S/C19H27F2N3O2/c1-2-24-10-4-6-14(12-24)22-19(25)23-17-7-3-5-13-11-15(26-18(20)21)8-9-16(13)17/h8-9,11,14,17-18H,2-7,10,12H2,1H3,(H2,22,23,25)/t14-,17-/m0/s1. The number of aryl methyl sites for hydroxylation is 1. The molecule has 0 spiro atoms. The van der Waals surface area contributed by atoms with Gasteiger partial charge in [-0.3, -0.25) is 0 Å². The van der Waals surface area contributed by atoms with Crippen LogP contribution in [0.25, 0.3) is 0 Å². The van der Waals surface area contributed by atoms with Gasteiger partial charge in [-0.05, 0) is 68.5 Å². The molecule has 7 heteroatoms. The molecule has 0 unspecified atom stereocenters. The van der Waals surface area contributed by atoms with E-state index in [-0.39, 0.29) is 23.9 Å². The van der Waals surface area contributed by atoms with Gasteiger partial charge in [0.25, 0.3) is 0 Å². The Labute approximate surface area is 153 Å². The predicted octanol–water partition coefficient (Wildman–Crippen LogP) is 3.45. The SMILES string of the molecule is CCN1CCC[C@H](NC(=O)N[C@H]2CCCc3cc(OC(F)F)ccc32)C1. The monoisotopic (exact) mass is 367 g/mol. The Kier molecular flexibility index (Phi) is 6.29. The minimum absolute atomic E-state index is 0.0924. The highest BCUT2D eigenvalue weighted by atomic mass is 19.3. The van der Waals surface area contributed by atoms with Gasteiger partial charge in [0.2, 0.25) is 0 Å². The average molecular weight is 367 g/mol. The normalized spacial score (nSPS) is 23.4. The number of alkyl halides is 2. The maximum Gasteiger partial charge on any atom is 0.387 e. The van der Waals surface area contributed by atoms with Crippen LogP contribution in [0.1, 0.15) is 49.8 Å². The second kappa shape index (κ2) is 8.66. The predicted molar refractivity (Wildman–Crippen MR) is 95.6 cm³/mol. The maximum atomic E-state index is 12.4. The molecule has 1 aromatic carbocycles. The number of nitrogens with zero attached hydrogens (tertiary/aromatic N) is 1. The van der Waals surface area contributed by atoms with Crippen LogP contribution in [-0.4, -0.2) is 43.2 Å². The fraction of sp³-hybridized carbons (Fsp3) is 0.632. The van der Waals surface area contributed by atoms with E-state index >= 15 is 0 Å². The Morgan fingerprint density at radius 1 is 1.31 bits per heavy atom. The maximum absolute atomic E-state index is 12.4. The van der Waals surface area contributed by atoms with Crippen molar-refractivity contribution in [2.75, 3.05) is 19.6 Å². The van der Waals surface area contributed by atoms with Crippen LogP contribution in [0, 0.1) is 0 Å². The summed E-state index contributed by atoms with van der Waals surface area (Å²) in [5.74, 6) is 0.172. The van der Waals surface area contributed by atoms with Gasteiger partial charge in [0.1, 0.15) is 5.75 Å². The van der Waals surface area contributed by atoms with Crippen molar-refractivity contribution in [3.05, 3.63) is 29.3 Å². The number of likely N-dealkylation sites (N-methyl/N-ethyl adjacent to an activating group) is 1. The van der Waals surface area contributed by atoms with Crippen LogP contribution in [0.15, 0.2) is 18.2 Å². The molecule has 2 aliphatic rings. The molecule has 144 valence electrons. The molecule has 2 amide bonds. The van der Waals surface area contributed by atoms with Crippen molar-refractivity contribution < 1.29 is 18.3 Å². The first kappa shape index (κ1) is 18.9. The summed E-state index contributed by atoms with van der Waals surface area (Å²) in [7, 11) is 0. The molecule has 26 heavy (non-hydrogen) atoms. The smallest absolute Gasteiger partial charge is 0.387 e. The molecule has 2 N–H and O–H groups in total. The Hall–Kier alpha value is -1.89. The molecular weight excluding hydrogens is 340 g/mol. The van der Waals surface area contributed by atoms with Crippen LogP contribution in [0.3, 0.4) is 0 Å². The second-order valence-electron chi connectivity index (χ2n) is 7.03. The van der Waals surface area contributed by atoms with Crippen LogP contribution in [0.2, 0.25) is 0 Å². The number of piperidine rings is 1. The Balaban J connectivity index is 1.59. The van der Waals surface area contributed by atoms with Crippen LogP contribution < -0.4 is 15.4 Å². The van der Waals surface area contributed by atoms with Gasteiger partial charge in [0.05, 0.1) is 6.04 Å². The average Bonchev–Trinajstić information content (AvgIpc) is 2.61.